The highest BCUT2D eigenvalue weighted by Crippen LogP contribution is 2.36. The molecule has 0 amide bonds. The van der Waals surface area contributed by atoms with Crippen molar-refractivity contribution in [3.05, 3.63) is 29.3 Å². The highest BCUT2D eigenvalue weighted by molar-refractivity contribution is 5.73. The summed E-state index contributed by atoms with van der Waals surface area (Å²) in [4.78, 5) is 11.0. The highest BCUT2D eigenvalue weighted by atomic mass is 16.4. The Morgan fingerprint density at radius 3 is 3.00 bits per heavy atom. The van der Waals surface area contributed by atoms with Gasteiger partial charge in [-0.3, -0.25) is 4.79 Å². The maximum Gasteiger partial charge on any atom is 0.306 e. The molecule has 0 radical (unpaired) electrons. The van der Waals surface area contributed by atoms with Crippen molar-refractivity contribution < 1.29 is 9.90 Å². The van der Waals surface area contributed by atoms with Gasteiger partial charge in [-0.25, -0.2) is 0 Å². The van der Waals surface area contributed by atoms with E-state index in [2.05, 4.69) is 11.4 Å². The Labute approximate surface area is 89.1 Å². The molecule has 2 N–H and O–H groups in total. The Kier molecular flexibility index (Phi) is 2.39. The van der Waals surface area contributed by atoms with E-state index < -0.39 is 5.97 Å². The van der Waals surface area contributed by atoms with Crippen LogP contribution in [0.1, 0.15) is 24.0 Å². The van der Waals surface area contributed by atoms with Crippen LogP contribution in [0.5, 0.6) is 0 Å². The monoisotopic (exact) mass is 205 g/mol. The molecular weight excluding hydrogens is 190 g/mol. The van der Waals surface area contributed by atoms with Gasteiger partial charge in [0.05, 0.1) is 5.92 Å². The zero-order valence-corrected chi connectivity index (χ0v) is 8.95. The van der Waals surface area contributed by atoms with Crippen molar-refractivity contribution in [2.45, 2.75) is 19.8 Å². The van der Waals surface area contributed by atoms with Gasteiger partial charge < -0.3 is 10.4 Å². The number of aliphatic carboxylic acids is 1. The molecule has 0 fully saturated rings. The summed E-state index contributed by atoms with van der Waals surface area (Å²) in [6.07, 6.45) is 0. The van der Waals surface area contributed by atoms with Crippen molar-refractivity contribution in [1.29, 1.82) is 0 Å². The van der Waals surface area contributed by atoms with Crippen molar-refractivity contribution in [2.24, 2.45) is 5.92 Å². The Bertz CT molecular complexity index is 401. The summed E-state index contributed by atoms with van der Waals surface area (Å²) < 4.78 is 0. The molecule has 1 aromatic carbocycles. The maximum atomic E-state index is 11.0. The van der Waals surface area contributed by atoms with Gasteiger partial charge in [-0.15, -0.1) is 0 Å². The summed E-state index contributed by atoms with van der Waals surface area (Å²) >= 11 is 0. The lowest BCUT2D eigenvalue weighted by Crippen LogP contribution is -2.20. The Balaban J connectivity index is 2.35. The fourth-order valence-corrected chi connectivity index (χ4v) is 2.10. The minimum absolute atomic E-state index is 0.0948. The van der Waals surface area contributed by atoms with Gasteiger partial charge in [0.1, 0.15) is 0 Å². The summed E-state index contributed by atoms with van der Waals surface area (Å²) in [5.74, 6) is -0.964. The van der Waals surface area contributed by atoms with Crippen molar-refractivity contribution >= 4 is 11.7 Å². The standard InChI is InChI=1S/C12H15NO2/c1-7-3-4-11-9(5-7)10(6-13-11)8(2)12(14)15/h3-5,8,10,13H,6H2,1-2H3,(H,14,15). The van der Waals surface area contributed by atoms with E-state index in [9.17, 15) is 4.79 Å². The number of benzene rings is 1. The predicted octanol–water partition coefficient (Wildman–Crippen LogP) is 2.22. The SMILES string of the molecule is Cc1ccc2c(c1)C(C(C)C(=O)O)CN2. The van der Waals surface area contributed by atoms with Gasteiger partial charge in [-0.2, -0.15) is 0 Å². The van der Waals surface area contributed by atoms with Crippen molar-refractivity contribution in [2.75, 3.05) is 11.9 Å². The predicted molar refractivity (Wildman–Crippen MR) is 59.2 cm³/mol. The minimum Gasteiger partial charge on any atom is -0.481 e. The van der Waals surface area contributed by atoms with E-state index in [4.69, 9.17) is 5.11 Å². The molecule has 3 heteroatoms. The van der Waals surface area contributed by atoms with E-state index in [1.54, 1.807) is 6.92 Å². The number of carbonyl (C=O) groups is 1. The quantitative estimate of drug-likeness (QED) is 0.778. The van der Waals surface area contributed by atoms with Crippen LogP contribution in [0.15, 0.2) is 18.2 Å². The maximum absolute atomic E-state index is 11.0. The first-order chi connectivity index (χ1) is 7.09. The van der Waals surface area contributed by atoms with E-state index in [1.165, 1.54) is 5.56 Å². The van der Waals surface area contributed by atoms with Gasteiger partial charge in [0.25, 0.3) is 0 Å². The highest BCUT2D eigenvalue weighted by Gasteiger charge is 2.30. The topological polar surface area (TPSA) is 49.3 Å². The molecule has 2 rings (SSSR count). The Morgan fingerprint density at radius 2 is 2.33 bits per heavy atom. The number of hydrogen-bond acceptors (Lipinski definition) is 2. The Morgan fingerprint density at radius 1 is 1.60 bits per heavy atom. The van der Waals surface area contributed by atoms with E-state index in [0.717, 1.165) is 17.8 Å². The number of anilines is 1. The fraction of sp³-hybridized carbons (Fsp3) is 0.417. The molecule has 1 aliphatic rings. The van der Waals surface area contributed by atoms with Gasteiger partial charge in [0.2, 0.25) is 0 Å². The van der Waals surface area contributed by atoms with Crippen LogP contribution in [-0.4, -0.2) is 17.6 Å². The molecule has 1 heterocycles. The number of carboxylic acids is 1. The van der Waals surface area contributed by atoms with Gasteiger partial charge in [-0.1, -0.05) is 24.6 Å². The normalized spacial score (nSPS) is 20.5. The lowest BCUT2D eigenvalue weighted by atomic mass is 9.88. The summed E-state index contributed by atoms with van der Waals surface area (Å²) in [5, 5.41) is 12.3. The van der Waals surface area contributed by atoms with Gasteiger partial charge in [0, 0.05) is 18.2 Å². The van der Waals surface area contributed by atoms with E-state index >= 15 is 0 Å². The van der Waals surface area contributed by atoms with E-state index in [-0.39, 0.29) is 11.8 Å². The summed E-state index contributed by atoms with van der Waals surface area (Å²) in [5.41, 5.74) is 3.41. The second-order valence-electron chi connectivity index (χ2n) is 4.21. The average Bonchev–Trinajstić information content (AvgIpc) is 2.59. The summed E-state index contributed by atoms with van der Waals surface area (Å²) in [6, 6.07) is 6.15. The number of nitrogens with one attached hydrogen (secondary N) is 1. The second-order valence-corrected chi connectivity index (χ2v) is 4.21. The molecule has 0 aromatic heterocycles. The van der Waals surface area contributed by atoms with E-state index in [0.29, 0.717) is 0 Å². The van der Waals surface area contributed by atoms with Crippen LogP contribution in [0.2, 0.25) is 0 Å². The van der Waals surface area contributed by atoms with Crippen LogP contribution in [0.4, 0.5) is 5.69 Å². The molecule has 3 nitrogen and oxygen atoms in total. The van der Waals surface area contributed by atoms with Crippen LogP contribution in [0, 0.1) is 12.8 Å². The molecule has 0 saturated carbocycles. The van der Waals surface area contributed by atoms with Crippen molar-refractivity contribution in [1.82, 2.24) is 0 Å². The van der Waals surface area contributed by atoms with E-state index in [1.807, 2.05) is 19.1 Å². The number of fused-ring (bicyclic) bond motifs is 1. The first-order valence-electron chi connectivity index (χ1n) is 5.17. The van der Waals surface area contributed by atoms with Crippen LogP contribution < -0.4 is 5.32 Å². The zero-order valence-electron chi connectivity index (χ0n) is 8.95. The van der Waals surface area contributed by atoms with Crippen molar-refractivity contribution in [3.8, 4) is 0 Å². The number of rotatable bonds is 2. The van der Waals surface area contributed by atoms with Crippen LogP contribution in [-0.2, 0) is 4.79 Å². The smallest absolute Gasteiger partial charge is 0.306 e. The molecular formula is C12H15NO2. The van der Waals surface area contributed by atoms with Gasteiger partial charge in [0.15, 0.2) is 0 Å². The number of carboxylic acid groups (broad SMARTS) is 1. The lowest BCUT2D eigenvalue weighted by molar-refractivity contribution is -0.141. The molecule has 80 valence electrons. The first-order valence-corrected chi connectivity index (χ1v) is 5.17. The van der Waals surface area contributed by atoms with Crippen molar-refractivity contribution in [3.63, 3.8) is 0 Å². The molecule has 0 bridgehead atoms. The zero-order chi connectivity index (χ0) is 11.0. The van der Waals surface area contributed by atoms with Gasteiger partial charge in [-0.05, 0) is 18.6 Å². The number of aryl methyl sites for hydroxylation is 1. The first kappa shape index (κ1) is 10.0. The fourth-order valence-electron chi connectivity index (χ4n) is 2.10. The third-order valence-electron chi connectivity index (χ3n) is 3.11. The Hall–Kier alpha value is -1.51. The molecule has 0 saturated heterocycles. The molecule has 0 aliphatic carbocycles. The third-order valence-corrected chi connectivity index (χ3v) is 3.11. The molecule has 1 aromatic rings. The van der Waals surface area contributed by atoms with Crippen LogP contribution in [0.25, 0.3) is 0 Å². The molecule has 2 atom stereocenters. The molecule has 15 heavy (non-hydrogen) atoms. The lowest BCUT2D eigenvalue weighted by Gasteiger charge is -2.15. The second kappa shape index (κ2) is 3.57. The average molecular weight is 205 g/mol. The molecule has 2 unspecified atom stereocenters. The largest absolute Gasteiger partial charge is 0.481 e. The summed E-state index contributed by atoms with van der Waals surface area (Å²) in [7, 11) is 0. The van der Waals surface area contributed by atoms with Crippen LogP contribution in [0.3, 0.4) is 0 Å². The summed E-state index contributed by atoms with van der Waals surface area (Å²) in [6.45, 7) is 4.53. The third kappa shape index (κ3) is 1.69. The minimum atomic E-state index is -0.726. The van der Waals surface area contributed by atoms with Crippen LogP contribution >= 0.6 is 0 Å². The molecule has 0 spiro atoms. The molecule has 1 aliphatic heterocycles. The van der Waals surface area contributed by atoms with Gasteiger partial charge >= 0.3 is 5.97 Å². The number of hydrogen-bond donors (Lipinski definition) is 2.